The third-order valence-corrected chi connectivity index (χ3v) is 2.38. The second-order valence-corrected chi connectivity index (χ2v) is 3.32. The summed E-state index contributed by atoms with van der Waals surface area (Å²) < 4.78 is 0. The number of allylic oxidation sites excluding steroid dienone is 2. The molecule has 0 aromatic rings. The Bertz CT molecular complexity index is 101. The summed E-state index contributed by atoms with van der Waals surface area (Å²) in [6.45, 7) is 0. The molecule has 1 saturated carbocycles. The van der Waals surface area contributed by atoms with Crippen LogP contribution in [-0.2, 0) is 0 Å². The van der Waals surface area contributed by atoms with Gasteiger partial charge in [0.15, 0.2) is 0 Å². The highest BCUT2D eigenvalue weighted by atomic mass is 35.5. The van der Waals surface area contributed by atoms with Gasteiger partial charge in [0.25, 0.3) is 0 Å². The molecule has 1 fully saturated rings. The maximum Gasteiger partial charge on any atom is 0.0404 e. The molecule has 1 rings (SSSR count). The van der Waals surface area contributed by atoms with Crippen molar-refractivity contribution in [1.82, 2.24) is 0 Å². The average molecular weight is 159 g/mol. The Morgan fingerprint density at radius 3 is 2.50 bits per heavy atom. The van der Waals surface area contributed by atoms with Crippen molar-refractivity contribution in [1.29, 1.82) is 0 Å². The van der Waals surface area contributed by atoms with Gasteiger partial charge in [-0.1, -0.05) is 37.8 Å². The van der Waals surface area contributed by atoms with Crippen molar-refractivity contribution in [3.8, 4) is 0 Å². The highest BCUT2D eigenvalue weighted by Gasteiger charge is 2.12. The second kappa shape index (κ2) is 4.79. The van der Waals surface area contributed by atoms with Crippen LogP contribution < -0.4 is 0 Å². The summed E-state index contributed by atoms with van der Waals surface area (Å²) in [7, 11) is 0. The Labute approximate surface area is 68.3 Å². The Kier molecular flexibility index (Phi) is 3.89. The number of rotatable bonds is 3. The number of halogens is 1. The fourth-order valence-corrected chi connectivity index (χ4v) is 1.72. The molecule has 1 aliphatic carbocycles. The zero-order valence-corrected chi connectivity index (χ0v) is 7.11. The van der Waals surface area contributed by atoms with E-state index in [1.807, 2.05) is 0 Å². The minimum atomic E-state index is 0.673. The molecule has 0 radical (unpaired) electrons. The molecular weight excluding hydrogens is 144 g/mol. The van der Waals surface area contributed by atoms with E-state index >= 15 is 0 Å². The summed E-state index contributed by atoms with van der Waals surface area (Å²) in [5.41, 5.74) is 0. The summed E-state index contributed by atoms with van der Waals surface area (Å²) in [6.07, 6.45) is 11.3. The number of hydrogen-bond acceptors (Lipinski definition) is 0. The number of hydrogen-bond donors (Lipinski definition) is 0. The molecule has 0 heterocycles. The van der Waals surface area contributed by atoms with Gasteiger partial charge >= 0.3 is 0 Å². The first-order chi connectivity index (χ1) is 4.93. The summed E-state index contributed by atoms with van der Waals surface area (Å²) in [5.74, 6) is 1.65. The summed E-state index contributed by atoms with van der Waals surface area (Å²) in [6, 6.07) is 0. The Hall–Kier alpha value is 0.0300. The van der Waals surface area contributed by atoms with Crippen LogP contribution in [0.5, 0.6) is 0 Å². The van der Waals surface area contributed by atoms with Crippen molar-refractivity contribution in [3.63, 3.8) is 0 Å². The Morgan fingerprint density at radius 2 is 1.90 bits per heavy atom. The van der Waals surface area contributed by atoms with Gasteiger partial charge in [-0.3, -0.25) is 0 Å². The molecule has 10 heavy (non-hydrogen) atoms. The van der Waals surface area contributed by atoms with E-state index in [0.717, 1.165) is 5.92 Å². The molecule has 58 valence electrons. The molecule has 0 bridgehead atoms. The molecule has 0 atom stereocenters. The third-order valence-electron chi connectivity index (χ3n) is 2.20. The fraction of sp³-hybridized carbons (Fsp3) is 0.778. The molecule has 1 heteroatoms. The molecule has 0 unspecified atom stereocenters. The molecule has 0 aromatic carbocycles. The van der Waals surface area contributed by atoms with Crippen LogP contribution in [0.4, 0.5) is 0 Å². The highest BCUT2D eigenvalue weighted by molar-refractivity contribution is 6.18. The number of alkyl halides is 1. The van der Waals surface area contributed by atoms with Gasteiger partial charge < -0.3 is 0 Å². The van der Waals surface area contributed by atoms with E-state index in [2.05, 4.69) is 12.2 Å². The first-order valence-corrected chi connectivity index (χ1v) is 4.68. The molecule has 0 aromatic heterocycles. The van der Waals surface area contributed by atoms with Crippen LogP contribution in [0.3, 0.4) is 0 Å². The second-order valence-electron chi connectivity index (χ2n) is 3.01. The van der Waals surface area contributed by atoms with E-state index in [1.165, 1.54) is 32.1 Å². The van der Waals surface area contributed by atoms with Crippen LogP contribution in [-0.4, -0.2) is 5.88 Å². The smallest absolute Gasteiger partial charge is 0.0404 e. The topological polar surface area (TPSA) is 0 Å². The molecule has 0 spiro atoms. The summed E-state index contributed by atoms with van der Waals surface area (Å²) in [4.78, 5) is 0. The molecule has 0 nitrogen and oxygen atoms in total. The zero-order valence-electron chi connectivity index (χ0n) is 6.35. The van der Waals surface area contributed by atoms with Crippen LogP contribution >= 0.6 is 11.6 Å². The maximum absolute atomic E-state index is 5.50. The van der Waals surface area contributed by atoms with E-state index in [1.54, 1.807) is 0 Å². The SMILES string of the molecule is ClC/C=C/CC1CCCC1. The molecule has 0 amide bonds. The zero-order chi connectivity index (χ0) is 7.23. The normalized spacial score (nSPS) is 20.9. The van der Waals surface area contributed by atoms with E-state index in [0.29, 0.717) is 5.88 Å². The van der Waals surface area contributed by atoms with Crippen LogP contribution in [0.15, 0.2) is 12.2 Å². The maximum atomic E-state index is 5.50. The van der Waals surface area contributed by atoms with Crippen molar-refractivity contribution in [2.75, 3.05) is 5.88 Å². The monoisotopic (exact) mass is 158 g/mol. The van der Waals surface area contributed by atoms with E-state index < -0.39 is 0 Å². The van der Waals surface area contributed by atoms with Gasteiger partial charge in [-0.05, 0) is 12.3 Å². The Balaban J connectivity index is 2.06. The van der Waals surface area contributed by atoms with Gasteiger partial charge in [-0.25, -0.2) is 0 Å². The molecule has 0 saturated heterocycles. The van der Waals surface area contributed by atoms with Crippen molar-refractivity contribution in [2.45, 2.75) is 32.1 Å². The lowest BCUT2D eigenvalue weighted by Crippen LogP contribution is -1.88. The van der Waals surface area contributed by atoms with Gasteiger partial charge in [0, 0.05) is 5.88 Å². The predicted octanol–water partition coefficient (Wildman–Crippen LogP) is 3.36. The molecule has 1 aliphatic rings. The fourth-order valence-electron chi connectivity index (χ4n) is 1.60. The van der Waals surface area contributed by atoms with Gasteiger partial charge in [0.1, 0.15) is 0 Å². The lowest BCUT2D eigenvalue weighted by atomic mass is 10.0. The Morgan fingerprint density at radius 1 is 1.20 bits per heavy atom. The predicted molar refractivity (Wildman–Crippen MR) is 46.4 cm³/mol. The summed E-state index contributed by atoms with van der Waals surface area (Å²) in [5, 5.41) is 0. The van der Waals surface area contributed by atoms with Gasteiger partial charge in [0.05, 0.1) is 0 Å². The molecule has 0 N–H and O–H groups in total. The quantitative estimate of drug-likeness (QED) is 0.437. The van der Waals surface area contributed by atoms with Crippen molar-refractivity contribution in [3.05, 3.63) is 12.2 Å². The first-order valence-electron chi connectivity index (χ1n) is 4.14. The van der Waals surface area contributed by atoms with Gasteiger partial charge in [-0.15, -0.1) is 11.6 Å². The van der Waals surface area contributed by atoms with Gasteiger partial charge in [0.2, 0.25) is 0 Å². The van der Waals surface area contributed by atoms with Gasteiger partial charge in [-0.2, -0.15) is 0 Å². The van der Waals surface area contributed by atoms with E-state index in [4.69, 9.17) is 11.6 Å². The highest BCUT2D eigenvalue weighted by Crippen LogP contribution is 2.27. The van der Waals surface area contributed by atoms with Crippen LogP contribution in [0.25, 0.3) is 0 Å². The minimum absolute atomic E-state index is 0.673. The van der Waals surface area contributed by atoms with E-state index in [-0.39, 0.29) is 0 Å². The van der Waals surface area contributed by atoms with Crippen molar-refractivity contribution < 1.29 is 0 Å². The molecule has 0 aliphatic heterocycles. The first kappa shape index (κ1) is 8.13. The largest absolute Gasteiger partial charge is 0.122 e. The van der Waals surface area contributed by atoms with Crippen LogP contribution in [0.1, 0.15) is 32.1 Å². The average Bonchev–Trinajstić information content (AvgIpc) is 2.41. The lowest BCUT2D eigenvalue weighted by Gasteiger charge is -2.01. The third kappa shape index (κ3) is 2.74. The molecular formula is C9H15Cl. The van der Waals surface area contributed by atoms with E-state index in [9.17, 15) is 0 Å². The summed E-state index contributed by atoms with van der Waals surface area (Å²) >= 11 is 5.50. The van der Waals surface area contributed by atoms with Crippen LogP contribution in [0, 0.1) is 5.92 Å². The van der Waals surface area contributed by atoms with Crippen LogP contribution in [0.2, 0.25) is 0 Å². The minimum Gasteiger partial charge on any atom is -0.122 e. The van der Waals surface area contributed by atoms with Crippen molar-refractivity contribution in [2.24, 2.45) is 5.92 Å². The lowest BCUT2D eigenvalue weighted by molar-refractivity contribution is 0.558. The standard InChI is InChI=1S/C9H15Cl/c10-8-4-3-7-9-5-1-2-6-9/h3-4,9H,1-2,5-8H2/b4-3+. The van der Waals surface area contributed by atoms with Crippen molar-refractivity contribution >= 4 is 11.6 Å².